The molecule has 0 aliphatic carbocycles. The van der Waals surface area contributed by atoms with E-state index < -0.39 is 60.3 Å². The summed E-state index contributed by atoms with van der Waals surface area (Å²) in [5.41, 5.74) is -0.276. The molecule has 0 unspecified atom stereocenters. The number of aliphatic hydroxyl groups excluding tert-OH is 2. The molecule has 3 aromatic heterocycles. The van der Waals surface area contributed by atoms with Gasteiger partial charge in [-0.3, -0.25) is 24.4 Å². The predicted octanol–water partition coefficient (Wildman–Crippen LogP) is 0.904. The number of rotatable bonds is 14. The van der Waals surface area contributed by atoms with Gasteiger partial charge in [0.05, 0.1) is 49.9 Å². The van der Waals surface area contributed by atoms with Crippen LogP contribution in [0.2, 0.25) is 0 Å². The number of carbonyl (C=O) groups is 2. The van der Waals surface area contributed by atoms with Crippen molar-refractivity contribution in [2.24, 2.45) is 5.92 Å². The van der Waals surface area contributed by atoms with Crippen LogP contribution in [0.3, 0.4) is 0 Å². The molecule has 2 saturated heterocycles. The van der Waals surface area contributed by atoms with Crippen molar-refractivity contribution in [3.05, 3.63) is 42.8 Å². The van der Waals surface area contributed by atoms with Crippen LogP contribution in [-0.4, -0.2) is 136 Å². The summed E-state index contributed by atoms with van der Waals surface area (Å²) in [6.45, 7) is 2.95. The van der Waals surface area contributed by atoms with E-state index in [9.17, 15) is 33.0 Å². The van der Waals surface area contributed by atoms with E-state index in [4.69, 9.17) is 18.3 Å². The average Bonchev–Trinajstić information content (AvgIpc) is 3.81. The standard InChI is InChI=1S/C32H43F3N8O8/c1-31(2,30-37-13-26(51-30)20-9-22(48-3)12-36-11-20)43-6-5-42(24(15-43)29(47)38-17-32(33,34)35)14-21(44)8-19(10-27-41-39-18-50-27)28(46)40-23-4-7-49-16-25(23)45/h9,11-13,18-19,21,23-25,44-45H,4-8,10,14-17H2,1-3H3,(H,38,47)(H,40,46)/t19-,21-,23-,24-,25+/m0/s1. The number of carbonyl (C=O) groups excluding carboxylic acids is 2. The first-order valence-corrected chi connectivity index (χ1v) is 16.5. The molecule has 5 atom stereocenters. The maximum Gasteiger partial charge on any atom is 0.405 e. The Hall–Kier alpha value is -4.17. The van der Waals surface area contributed by atoms with E-state index in [2.05, 4.69) is 25.5 Å². The van der Waals surface area contributed by atoms with E-state index in [0.29, 0.717) is 42.5 Å². The molecule has 0 saturated carbocycles. The van der Waals surface area contributed by atoms with Gasteiger partial charge in [-0.25, -0.2) is 4.98 Å². The first-order chi connectivity index (χ1) is 24.2. The third-order valence-corrected chi connectivity index (χ3v) is 9.16. The van der Waals surface area contributed by atoms with E-state index in [1.54, 1.807) is 23.4 Å². The molecule has 5 rings (SSSR count). The van der Waals surface area contributed by atoms with Crippen LogP contribution in [0.4, 0.5) is 13.2 Å². The van der Waals surface area contributed by atoms with Crippen molar-refractivity contribution in [1.82, 2.24) is 40.6 Å². The van der Waals surface area contributed by atoms with Crippen LogP contribution in [0, 0.1) is 5.92 Å². The Kier molecular flexibility index (Phi) is 12.3. The Labute approximate surface area is 291 Å². The number of hydrogen-bond donors (Lipinski definition) is 4. The monoisotopic (exact) mass is 724 g/mol. The summed E-state index contributed by atoms with van der Waals surface area (Å²) in [6, 6.07) is 0.0752. The lowest BCUT2D eigenvalue weighted by molar-refractivity contribution is -0.145. The fraction of sp³-hybridized carbons (Fsp3) is 0.625. The van der Waals surface area contributed by atoms with Crippen molar-refractivity contribution < 1.29 is 51.3 Å². The zero-order chi connectivity index (χ0) is 36.8. The van der Waals surface area contributed by atoms with Crippen molar-refractivity contribution in [3.63, 3.8) is 0 Å². The van der Waals surface area contributed by atoms with Gasteiger partial charge in [0.25, 0.3) is 0 Å². The number of methoxy groups -OCH3 is 1. The second kappa shape index (κ2) is 16.4. The fourth-order valence-electron chi connectivity index (χ4n) is 6.24. The zero-order valence-electron chi connectivity index (χ0n) is 28.5. The summed E-state index contributed by atoms with van der Waals surface area (Å²) in [4.78, 5) is 38.8. The molecule has 2 aliphatic rings. The molecule has 0 radical (unpaired) electrons. The van der Waals surface area contributed by atoms with Crippen LogP contribution < -0.4 is 15.4 Å². The quantitative estimate of drug-likeness (QED) is 0.183. The molecule has 0 aromatic carbocycles. The lowest BCUT2D eigenvalue weighted by Crippen LogP contribution is -2.63. The molecule has 51 heavy (non-hydrogen) atoms. The van der Waals surface area contributed by atoms with Crippen LogP contribution in [0.5, 0.6) is 5.75 Å². The van der Waals surface area contributed by atoms with Gasteiger partial charge < -0.3 is 39.2 Å². The second-order valence-corrected chi connectivity index (χ2v) is 13.2. The summed E-state index contributed by atoms with van der Waals surface area (Å²) in [5.74, 6) is -0.775. The van der Waals surface area contributed by atoms with Gasteiger partial charge in [0.15, 0.2) is 5.76 Å². The Morgan fingerprint density at radius 3 is 2.71 bits per heavy atom. The minimum Gasteiger partial charge on any atom is -0.495 e. The van der Waals surface area contributed by atoms with Gasteiger partial charge in [-0.2, -0.15) is 13.2 Å². The normalized spacial score (nSPS) is 21.9. The largest absolute Gasteiger partial charge is 0.495 e. The Morgan fingerprint density at radius 1 is 1.20 bits per heavy atom. The number of aliphatic hydroxyl groups is 2. The van der Waals surface area contributed by atoms with Gasteiger partial charge >= 0.3 is 6.18 Å². The van der Waals surface area contributed by atoms with Crippen molar-refractivity contribution >= 4 is 11.8 Å². The van der Waals surface area contributed by atoms with Crippen LogP contribution in [0.25, 0.3) is 11.3 Å². The predicted molar refractivity (Wildman–Crippen MR) is 171 cm³/mol. The van der Waals surface area contributed by atoms with Gasteiger partial charge in [0, 0.05) is 56.9 Å². The van der Waals surface area contributed by atoms with E-state index in [1.807, 2.05) is 24.1 Å². The Morgan fingerprint density at radius 2 is 2.00 bits per heavy atom. The number of hydrogen-bond acceptors (Lipinski definition) is 14. The van der Waals surface area contributed by atoms with Gasteiger partial charge in [-0.1, -0.05) is 0 Å². The number of nitrogens with one attached hydrogen (secondary N) is 2. The van der Waals surface area contributed by atoms with Gasteiger partial charge in [-0.15, -0.1) is 10.2 Å². The molecule has 0 bridgehead atoms. The van der Waals surface area contributed by atoms with E-state index >= 15 is 0 Å². The number of β-amino-alcohol motifs (C(OH)–C–C–N with tert-alkyl or cyclic N) is 1. The zero-order valence-corrected chi connectivity index (χ0v) is 28.5. The molecule has 19 heteroatoms. The summed E-state index contributed by atoms with van der Waals surface area (Å²) >= 11 is 0. The lowest BCUT2D eigenvalue weighted by atomic mass is 9.94. The molecule has 4 N–H and O–H groups in total. The highest BCUT2D eigenvalue weighted by Crippen LogP contribution is 2.33. The number of oxazole rings is 1. The number of aromatic nitrogens is 4. The molecule has 16 nitrogen and oxygen atoms in total. The summed E-state index contributed by atoms with van der Waals surface area (Å²) in [6.07, 6.45) is -0.655. The van der Waals surface area contributed by atoms with E-state index in [1.165, 1.54) is 13.3 Å². The number of halogens is 3. The van der Waals surface area contributed by atoms with Crippen molar-refractivity contribution in [2.75, 3.05) is 53.0 Å². The molecule has 2 amide bonds. The van der Waals surface area contributed by atoms with Crippen molar-refractivity contribution in [1.29, 1.82) is 0 Å². The molecule has 0 spiro atoms. The summed E-state index contributed by atoms with van der Waals surface area (Å²) in [5, 5.41) is 33.9. The number of pyridine rings is 1. The highest BCUT2D eigenvalue weighted by Gasteiger charge is 2.43. The average molecular weight is 725 g/mol. The maximum absolute atomic E-state index is 13.4. The van der Waals surface area contributed by atoms with Gasteiger partial charge in [0.2, 0.25) is 30.0 Å². The van der Waals surface area contributed by atoms with Crippen molar-refractivity contribution in [2.45, 2.75) is 69.1 Å². The molecule has 2 aliphatic heterocycles. The number of ether oxygens (including phenoxy) is 2. The third kappa shape index (κ3) is 10.0. The van der Waals surface area contributed by atoms with Crippen LogP contribution in [0.15, 0.2) is 39.9 Å². The lowest BCUT2D eigenvalue weighted by Gasteiger charge is -2.46. The van der Waals surface area contributed by atoms with Crippen molar-refractivity contribution in [3.8, 4) is 17.1 Å². The minimum atomic E-state index is -4.63. The number of amides is 2. The number of alkyl halides is 3. The summed E-state index contributed by atoms with van der Waals surface area (Å²) < 4.78 is 61.3. The topological polar surface area (TPSA) is 201 Å². The molecule has 3 aromatic rings. The molecule has 5 heterocycles. The smallest absolute Gasteiger partial charge is 0.405 e. The van der Waals surface area contributed by atoms with Crippen LogP contribution in [0.1, 0.15) is 38.5 Å². The Balaban J connectivity index is 1.30. The first kappa shape index (κ1) is 38.1. The number of nitrogens with zero attached hydrogens (tertiary/aromatic N) is 6. The SMILES string of the molecule is COc1cncc(-c2cnc(C(C)(C)N3CCN(C[C@@H](O)C[C@@H](Cc4nnco4)C(=O)N[C@H]4CCOC[C@H]4O)[C@H](C(=O)NCC(F)(F)F)C3)o2)c1. The first-order valence-electron chi connectivity index (χ1n) is 16.5. The van der Waals surface area contributed by atoms with E-state index in [0.717, 1.165) is 6.39 Å². The maximum atomic E-state index is 13.4. The van der Waals surface area contributed by atoms with Crippen LogP contribution >= 0.6 is 0 Å². The second-order valence-electron chi connectivity index (χ2n) is 13.2. The number of piperazine rings is 1. The van der Waals surface area contributed by atoms with Crippen LogP contribution in [-0.2, 0) is 26.3 Å². The van der Waals surface area contributed by atoms with Gasteiger partial charge in [-0.05, 0) is 32.8 Å². The molecular formula is C32H43F3N8O8. The van der Waals surface area contributed by atoms with E-state index in [-0.39, 0.29) is 45.0 Å². The molecule has 2 fully saturated rings. The highest BCUT2D eigenvalue weighted by atomic mass is 19.4. The molecule has 280 valence electrons. The molecular weight excluding hydrogens is 681 g/mol. The highest BCUT2D eigenvalue weighted by molar-refractivity contribution is 5.82. The summed E-state index contributed by atoms with van der Waals surface area (Å²) in [7, 11) is 1.52. The minimum absolute atomic E-state index is 0.0103. The fourth-order valence-corrected chi connectivity index (χ4v) is 6.24. The van der Waals surface area contributed by atoms with Gasteiger partial charge in [0.1, 0.15) is 18.3 Å². The Bertz CT molecular complexity index is 1590. The third-order valence-electron chi connectivity index (χ3n) is 9.16.